The van der Waals surface area contributed by atoms with Gasteiger partial charge in [-0.2, -0.15) is 0 Å². The molecule has 1 amide bonds. The van der Waals surface area contributed by atoms with Crippen LogP contribution in [-0.2, 0) is 17.8 Å². The maximum Gasteiger partial charge on any atom is 0.216 e. The highest BCUT2D eigenvalue weighted by molar-refractivity contribution is 5.87. The number of nitrogens with one attached hydrogen (secondary N) is 1. The lowest BCUT2D eigenvalue weighted by Crippen LogP contribution is -2.22. The molecule has 0 aromatic heterocycles. The molecule has 0 heterocycles. The van der Waals surface area contributed by atoms with E-state index in [-0.39, 0.29) is 12.5 Å². The van der Waals surface area contributed by atoms with Crippen LogP contribution in [0.25, 0.3) is 21.9 Å². The minimum Gasteiger partial charge on any atom is -0.490 e. The first-order valence-corrected chi connectivity index (χ1v) is 11.4. The van der Waals surface area contributed by atoms with Crippen LogP contribution >= 0.6 is 0 Å². The zero-order chi connectivity index (χ0) is 23.8. The quantitative estimate of drug-likeness (QED) is 0.325. The average Bonchev–Trinajstić information content (AvgIpc) is 2.87. The summed E-state index contributed by atoms with van der Waals surface area (Å²) in [7, 11) is 0. The van der Waals surface area contributed by atoms with E-state index in [1.54, 1.807) is 0 Å². The Kier molecular flexibility index (Phi) is 7.79. The highest BCUT2D eigenvalue weighted by Crippen LogP contribution is 2.25. The van der Waals surface area contributed by atoms with Crippen LogP contribution in [0.3, 0.4) is 0 Å². The maximum absolute atomic E-state index is 11.2. The Hall–Kier alpha value is -3.83. The van der Waals surface area contributed by atoms with Crippen LogP contribution < -0.4 is 14.8 Å². The molecule has 4 aromatic carbocycles. The van der Waals surface area contributed by atoms with Gasteiger partial charge in [0.25, 0.3) is 0 Å². The first-order chi connectivity index (χ1) is 16.6. The Morgan fingerprint density at radius 1 is 0.824 bits per heavy atom. The third kappa shape index (κ3) is 6.15. The minimum absolute atomic E-state index is 0.0180. The molecule has 0 radical (unpaired) electrons. The number of benzene rings is 4. The molecule has 0 fully saturated rings. The lowest BCUT2D eigenvalue weighted by molar-refractivity contribution is -0.118. The van der Waals surface area contributed by atoms with E-state index >= 15 is 0 Å². The second-order valence-electron chi connectivity index (χ2n) is 8.11. The standard InChI is InChI=1S/C29H29NO4/c1-21(32)30-16-15-26-4-2-3-25-11-14-28(19-29(25)26)34-18-17-33-27-12-9-24(10-13-27)23-7-5-22(20-31)6-8-23/h2-14,19,31H,15-18,20H2,1H3,(H,30,32). The molecule has 0 unspecified atom stereocenters. The fourth-order valence-corrected chi connectivity index (χ4v) is 3.86. The lowest BCUT2D eigenvalue weighted by Gasteiger charge is -2.12. The van der Waals surface area contributed by atoms with E-state index in [0.29, 0.717) is 19.8 Å². The molecule has 0 aliphatic rings. The highest BCUT2D eigenvalue weighted by atomic mass is 16.5. The Bertz CT molecular complexity index is 1230. The number of rotatable bonds is 10. The second kappa shape index (κ2) is 11.3. The van der Waals surface area contributed by atoms with Gasteiger partial charge in [-0.05, 0) is 63.7 Å². The minimum atomic E-state index is -0.0180. The second-order valence-corrected chi connectivity index (χ2v) is 8.11. The summed E-state index contributed by atoms with van der Waals surface area (Å²) in [6.45, 7) is 3.06. The molecule has 0 saturated carbocycles. The van der Waals surface area contributed by atoms with E-state index in [0.717, 1.165) is 45.4 Å². The van der Waals surface area contributed by atoms with Gasteiger partial charge in [0.05, 0.1) is 6.61 Å². The van der Waals surface area contributed by atoms with Crippen molar-refractivity contribution >= 4 is 16.7 Å². The monoisotopic (exact) mass is 455 g/mol. The molecule has 4 aromatic rings. The Morgan fingerprint density at radius 3 is 2.15 bits per heavy atom. The van der Waals surface area contributed by atoms with Gasteiger partial charge in [0, 0.05) is 13.5 Å². The van der Waals surface area contributed by atoms with E-state index < -0.39 is 0 Å². The summed E-state index contributed by atoms with van der Waals surface area (Å²) in [5, 5.41) is 14.3. The summed E-state index contributed by atoms with van der Waals surface area (Å²) in [6.07, 6.45) is 0.769. The summed E-state index contributed by atoms with van der Waals surface area (Å²) in [4.78, 5) is 11.2. The van der Waals surface area contributed by atoms with Gasteiger partial charge in [-0.15, -0.1) is 0 Å². The molecular weight excluding hydrogens is 426 g/mol. The normalized spacial score (nSPS) is 10.8. The van der Waals surface area contributed by atoms with Crippen LogP contribution in [0, 0.1) is 0 Å². The van der Waals surface area contributed by atoms with Crippen molar-refractivity contribution in [2.45, 2.75) is 20.0 Å². The van der Waals surface area contributed by atoms with Crippen LogP contribution in [0.1, 0.15) is 18.1 Å². The van der Waals surface area contributed by atoms with Gasteiger partial charge >= 0.3 is 0 Å². The van der Waals surface area contributed by atoms with Gasteiger partial charge in [0.1, 0.15) is 24.7 Å². The van der Waals surface area contributed by atoms with E-state index in [2.05, 4.69) is 29.6 Å². The van der Waals surface area contributed by atoms with Crippen LogP contribution in [0.2, 0.25) is 0 Å². The van der Waals surface area contributed by atoms with Crippen molar-refractivity contribution in [3.63, 3.8) is 0 Å². The zero-order valence-corrected chi connectivity index (χ0v) is 19.3. The zero-order valence-electron chi connectivity index (χ0n) is 19.3. The van der Waals surface area contributed by atoms with E-state index in [1.807, 2.05) is 60.7 Å². The molecule has 2 N–H and O–H groups in total. The van der Waals surface area contributed by atoms with E-state index in [9.17, 15) is 9.90 Å². The van der Waals surface area contributed by atoms with E-state index in [1.165, 1.54) is 12.5 Å². The molecule has 0 saturated heterocycles. The number of hydrogen-bond acceptors (Lipinski definition) is 4. The van der Waals surface area contributed by atoms with Crippen LogP contribution in [0.4, 0.5) is 0 Å². The summed E-state index contributed by atoms with van der Waals surface area (Å²) in [6, 6.07) is 28.1. The van der Waals surface area contributed by atoms with Crippen molar-refractivity contribution in [1.82, 2.24) is 5.32 Å². The summed E-state index contributed by atoms with van der Waals surface area (Å²) in [5.74, 6) is 1.57. The van der Waals surface area contributed by atoms with Gasteiger partial charge < -0.3 is 19.9 Å². The number of aliphatic hydroxyl groups is 1. The smallest absolute Gasteiger partial charge is 0.216 e. The predicted molar refractivity (Wildman–Crippen MR) is 135 cm³/mol. The molecular formula is C29H29NO4. The first-order valence-electron chi connectivity index (χ1n) is 11.4. The fourth-order valence-electron chi connectivity index (χ4n) is 3.86. The molecule has 0 aliphatic heterocycles. The summed E-state index contributed by atoms with van der Waals surface area (Å²) >= 11 is 0. The number of amides is 1. The molecule has 174 valence electrons. The Balaban J connectivity index is 1.30. The van der Waals surface area contributed by atoms with Gasteiger partial charge in [-0.1, -0.05) is 60.7 Å². The molecule has 0 spiro atoms. The summed E-state index contributed by atoms with van der Waals surface area (Å²) in [5.41, 5.74) is 4.27. The average molecular weight is 456 g/mol. The molecule has 0 bridgehead atoms. The third-order valence-corrected chi connectivity index (χ3v) is 5.66. The number of aliphatic hydroxyl groups excluding tert-OH is 1. The van der Waals surface area contributed by atoms with Gasteiger partial charge in [0.15, 0.2) is 0 Å². The van der Waals surface area contributed by atoms with Crippen LogP contribution in [0.5, 0.6) is 11.5 Å². The SMILES string of the molecule is CC(=O)NCCc1cccc2ccc(OCCOc3ccc(-c4ccc(CO)cc4)cc3)cc12. The van der Waals surface area contributed by atoms with Crippen molar-refractivity contribution in [2.24, 2.45) is 0 Å². The van der Waals surface area contributed by atoms with Crippen molar-refractivity contribution in [3.8, 4) is 22.6 Å². The van der Waals surface area contributed by atoms with Gasteiger partial charge in [-0.3, -0.25) is 4.79 Å². The molecule has 5 heteroatoms. The van der Waals surface area contributed by atoms with Crippen LogP contribution in [0.15, 0.2) is 84.9 Å². The fraction of sp³-hybridized carbons (Fsp3) is 0.207. The van der Waals surface area contributed by atoms with Gasteiger partial charge in [-0.25, -0.2) is 0 Å². The number of ether oxygens (including phenoxy) is 2. The number of carbonyl (C=O) groups excluding carboxylic acids is 1. The first kappa shape index (κ1) is 23.3. The molecule has 34 heavy (non-hydrogen) atoms. The molecule has 5 nitrogen and oxygen atoms in total. The summed E-state index contributed by atoms with van der Waals surface area (Å²) < 4.78 is 11.8. The van der Waals surface area contributed by atoms with Crippen molar-refractivity contribution in [2.75, 3.05) is 19.8 Å². The Morgan fingerprint density at radius 2 is 1.47 bits per heavy atom. The maximum atomic E-state index is 11.2. The predicted octanol–water partition coefficient (Wildman–Crippen LogP) is 5.14. The number of carbonyl (C=O) groups is 1. The molecule has 4 rings (SSSR count). The number of hydrogen-bond donors (Lipinski definition) is 2. The van der Waals surface area contributed by atoms with Crippen LogP contribution in [-0.4, -0.2) is 30.8 Å². The third-order valence-electron chi connectivity index (χ3n) is 5.66. The molecule has 0 aliphatic carbocycles. The Labute approximate surface area is 200 Å². The van der Waals surface area contributed by atoms with Crippen molar-refractivity contribution in [1.29, 1.82) is 0 Å². The van der Waals surface area contributed by atoms with E-state index in [4.69, 9.17) is 9.47 Å². The highest BCUT2D eigenvalue weighted by Gasteiger charge is 2.05. The van der Waals surface area contributed by atoms with Gasteiger partial charge in [0.2, 0.25) is 5.91 Å². The largest absolute Gasteiger partial charge is 0.490 e. The van der Waals surface area contributed by atoms with Crippen molar-refractivity contribution in [3.05, 3.63) is 96.1 Å². The molecule has 0 atom stereocenters. The lowest BCUT2D eigenvalue weighted by atomic mass is 10.0. The topological polar surface area (TPSA) is 67.8 Å². The number of fused-ring (bicyclic) bond motifs is 1. The van der Waals surface area contributed by atoms with Crippen molar-refractivity contribution < 1.29 is 19.4 Å².